The fourth-order valence-electron chi connectivity index (χ4n) is 5.54. The number of nitrogens with one attached hydrogen (secondary N) is 1. The summed E-state index contributed by atoms with van der Waals surface area (Å²) in [6.07, 6.45) is 11.6. The van der Waals surface area contributed by atoms with Gasteiger partial charge in [0, 0.05) is 18.1 Å². The molecule has 0 radical (unpaired) electrons. The summed E-state index contributed by atoms with van der Waals surface area (Å²) >= 11 is 0. The third-order valence-electron chi connectivity index (χ3n) is 6.87. The van der Waals surface area contributed by atoms with Crippen LogP contribution in [0.15, 0.2) is 0 Å². The Morgan fingerprint density at radius 2 is 1.67 bits per heavy atom. The second-order valence-corrected chi connectivity index (χ2v) is 8.98. The largest absolute Gasteiger partial charge is 0.315 e. The van der Waals surface area contributed by atoms with Gasteiger partial charge in [0.15, 0.2) is 0 Å². The van der Waals surface area contributed by atoms with Crippen molar-refractivity contribution in [3.8, 4) is 0 Å². The molecule has 2 saturated carbocycles. The van der Waals surface area contributed by atoms with Crippen LogP contribution >= 0.6 is 0 Å². The van der Waals surface area contributed by atoms with Gasteiger partial charge in [-0.2, -0.15) is 0 Å². The number of rotatable bonds is 2. The number of likely N-dealkylation sites (tertiary alicyclic amines) is 1. The molecule has 0 aromatic heterocycles. The minimum atomic E-state index is 0.474. The molecule has 3 fully saturated rings. The molecular weight excluding hydrogens is 256 g/mol. The zero-order valence-corrected chi connectivity index (χ0v) is 14.7. The lowest BCUT2D eigenvalue weighted by Gasteiger charge is -2.50. The van der Waals surface area contributed by atoms with Crippen LogP contribution in [0.1, 0.15) is 72.1 Å². The van der Waals surface area contributed by atoms with Crippen molar-refractivity contribution in [2.45, 2.75) is 90.3 Å². The Bertz CT molecular complexity index is 346. The van der Waals surface area contributed by atoms with Gasteiger partial charge < -0.3 is 5.32 Å². The van der Waals surface area contributed by atoms with Gasteiger partial charge in [0.25, 0.3) is 0 Å². The van der Waals surface area contributed by atoms with E-state index in [4.69, 9.17) is 0 Å². The molecule has 2 aliphatic carbocycles. The van der Waals surface area contributed by atoms with Crippen molar-refractivity contribution in [1.29, 1.82) is 0 Å². The number of piperidine rings is 1. The molecule has 0 spiro atoms. The third kappa shape index (κ3) is 3.17. The topological polar surface area (TPSA) is 15.3 Å². The molecule has 1 heterocycles. The van der Waals surface area contributed by atoms with Gasteiger partial charge in [0.2, 0.25) is 0 Å². The molecule has 2 heteroatoms. The van der Waals surface area contributed by atoms with Crippen LogP contribution in [0.25, 0.3) is 0 Å². The minimum Gasteiger partial charge on any atom is -0.315 e. The first kappa shape index (κ1) is 15.8. The predicted molar refractivity (Wildman–Crippen MR) is 90.5 cm³/mol. The number of hydrogen-bond acceptors (Lipinski definition) is 2. The summed E-state index contributed by atoms with van der Waals surface area (Å²) in [6.45, 7) is 8.70. The zero-order valence-electron chi connectivity index (χ0n) is 14.7. The fourth-order valence-corrected chi connectivity index (χ4v) is 5.54. The Morgan fingerprint density at radius 1 is 0.905 bits per heavy atom. The van der Waals surface area contributed by atoms with E-state index in [0.29, 0.717) is 5.41 Å². The summed E-state index contributed by atoms with van der Waals surface area (Å²) in [5.74, 6) is 1.92. The number of nitrogens with zero attached hydrogens (tertiary/aromatic N) is 1. The maximum absolute atomic E-state index is 3.66. The maximum Gasteiger partial charge on any atom is 0.0255 e. The van der Waals surface area contributed by atoms with Crippen LogP contribution in [0, 0.1) is 17.3 Å². The van der Waals surface area contributed by atoms with Crippen LogP contribution < -0.4 is 5.32 Å². The summed E-state index contributed by atoms with van der Waals surface area (Å²) in [6, 6.07) is 2.43. The Labute approximate surface area is 132 Å². The SMILES string of the molecule is CNC1CCC(C(C)(C)C)CC1N1CCCC2CCCC21. The average molecular weight is 293 g/mol. The Kier molecular flexibility index (Phi) is 4.66. The van der Waals surface area contributed by atoms with E-state index in [-0.39, 0.29) is 0 Å². The van der Waals surface area contributed by atoms with E-state index in [9.17, 15) is 0 Å². The summed E-state index contributed by atoms with van der Waals surface area (Å²) < 4.78 is 0. The Hall–Kier alpha value is -0.0800. The highest BCUT2D eigenvalue weighted by Crippen LogP contribution is 2.44. The second kappa shape index (κ2) is 6.20. The van der Waals surface area contributed by atoms with Crippen molar-refractivity contribution >= 4 is 0 Å². The fraction of sp³-hybridized carbons (Fsp3) is 1.00. The van der Waals surface area contributed by atoms with Gasteiger partial charge in [-0.1, -0.05) is 27.2 Å². The molecule has 1 aliphatic heterocycles. The Morgan fingerprint density at radius 3 is 2.38 bits per heavy atom. The summed E-state index contributed by atoms with van der Waals surface area (Å²) in [4.78, 5) is 2.96. The predicted octanol–water partition coefficient (Wildman–Crippen LogP) is 4.05. The van der Waals surface area contributed by atoms with E-state index >= 15 is 0 Å². The molecule has 5 unspecified atom stereocenters. The molecule has 0 amide bonds. The van der Waals surface area contributed by atoms with Gasteiger partial charge >= 0.3 is 0 Å². The van der Waals surface area contributed by atoms with Crippen molar-refractivity contribution < 1.29 is 0 Å². The number of fused-ring (bicyclic) bond motifs is 1. The molecule has 3 rings (SSSR count). The molecular formula is C19H36N2. The average Bonchev–Trinajstić information content (AvgIpc) is 2.94. The molecule has 0 aromatic carbocycles. The second-order valence-electron chi connectivity index (χ2n) is 8.98. The molecule has 1 N–H and O–H groups in total. The molecule has 0 aromatic rings. The monoisotopic (exact) mass is 292 g/mol. The minimum absolute atomic E-state index is 0.474. The normalized spacial score (nSPS) is 42.0. The quantitative estimate of drug-likeness (QED) is 0.826. The van der Waals surface area contributed by atoms with Gasteiger partial charge in [-0.3, -0.25) is 4.90 Å². The van der Waals surface area contributed by atoms with Crippen molar-refractivity contribution in [1.82, 2.24) is 10.2 Å². The highest BCUT2D eigenvalue weighted by molar-refractivity contribution is 4.99. The van der Waals surface area contributed by atoms with E-state index in [2.05, 4.69) is 38.0 Å². The molecule has 0 bridgehead atoms. The lowest BCUT2D eigenvalue weighted by atomic mass is 9.68. The van der Waals surface area contributed by atoms with Crippen molar-refractivity contribution in [2.24, 2.45) is 17.3 Å². The van der Waals surface area contributed by atoms with Crippen LogP contribution in [-0.4, -0.2) is 36.6 Å². The van der Waals surface area contributed by atoms with E-state index in [1.165, 1.54) is 57.9 Å². The van der Waals surface area contributed by atoms with Gasteiger partial charge in [0.1, 0.15) is 0 Å². The molecule has 3 aliphatic rings. The maximum atomic E-state index is 3.66. The van der Waals surface area contributed by atoms with E-state index in [1.807, 2.05) is 0 Å². The zero-order chi connectivity index (χ0) is 15.0. The standard InChI is InChI=1S/C19H36N2/c1-19(2,3)15-10-11-16(20-4)18(13-15)21-12-6-8-14-7-5-9-17(14)21/h14-18,20H,5-13H2,1-4H3. The Balaban J connectivity index is 1.76. The van der Waals surface area contributed by atoms with E-state index in [0.717, 1.165) is 30.0 Å². The van der Waals surface area contributed by atoms with Crippen LogP contribution in [-0.2, 0) is 0 Å². The molecule has 2 nitrogen and oxygen atoms in total. The van der Waals surface area contributed by atoms with Crippen molar-refractivity contribution in [3.63, 3.8) is 0 Å². The van der Waals surface area contributed by atoms with Crippen LogP contribution in [0.4, 0.5) is 0 Å². The molecule has 21 heavy (non-hydrogen) atoms. The molecule has 122 valence electrons. The lowest BCUT2D eigenvalue weighted by Crippen LogP contribution is -2.58. The number of hydrogen-bond donors (Lipinski definition) is 1. The van der Waals surface area contributed by atoms with E-state index < -0.39 is 0 Å². The first-order chi connectivity index (χ1) is 10.0. The molecule has 1 saturated heterocycles. The molecule has 5 atom stereocenters. The summed E-state index contributed by atoms with van der Waals surface area (Å²) in [5, 5.41) is 3.66. The highest BCUT2D eigenvalue weighted by Gasteiger charge is 2.43. The van der Waals surface area contributed by atoms with Crippen LogP contribution in [0.5, 0.6) is 0 Å². The van der Waals surface area contributed by atoms with Crippen LogP contribution in [0.2, 0.25) is 0 Å². The van der Waals surface area contributed by atoms with Gasteiger partial charge in [-0.25, -0.2) is 0 Å². The van der Waals surface area contributed by atoms with Crippen LogP contribution in [0.3, 0.4) is 0 Å². The summed E-state index contributed by atoms with van der Waals surface area (Å²) in [7, 11) is 2.19. The third-order valence-corrected chi connectivity index (χ3v) is 6.87. The first-order valence-electron chi connectivity index (χ1n) is 9.43. The number of likely N-dealkylation sites (N-methyl/N-ethyl adjacent to an activating group) is 1. The summed E-state index contributed by atoms with van der Waals surface area (Å²) in [5.41, 5.74) is 0.474. The first-order valence-corrected chi connectivity index (χ1v) is 9.43. The lowest BCUT2D eigenvalue weighted by molar-refractivity contribution is 0.00405. The smallest absolute Gasteiger partial charge is 0.0255 e. The van der Waals surface area contributed by atoms with Crippen molar-refractivity contribution in [2.75, 3.05) is 13.6 Å². The van der Waals surface area contributed by atoms with E-state index in [1.54, 1.807) is 0 Å². The van der Waals surface area contributed by atoms with Gasteiger partial charge in [-0.05, 0) is 75.8 Å². The van der Waals surface area contributed by atoms with Gasteiger partial charge in [0.05, 0.1) is 0 Å². The van der Waals surface area contributed by atoms with Crippen molar-refractivity contribution in [3.05, 3.63) is 0 Å². The van der Waals surface area contributed by atoms with Gasteiger partial charge in [-0.15, -0.1) is 0 Å². The highest BCUT2D eigenvalue weighted by atomic mass is 15.2.